The van der Waals surface area contributed by atoms with Gasteiger partial charge in [-0.05, 0) is 30.7 Å². The van der Waals surface area contributed by atoms with Gasteiger partial charge in [0.1, 0.15) is 5.52 Å². The van der Waals surface area contributed by atoms with Crippen LogP contribution in [-0.4, -0.2) is 52.6 Å². The van der Waals surface area contributed by atoms with Crippen LogP contribution in [0.15, 0.2) is 48.5 Å². The molecule has 0 atom stereocenters. The standard InChI is InChI=1S/C19H22ClN5/c20-16-6-1-3-8-18(16)24-14-12-23(13-15-24)10-5-11-25-19-9-4-2-7-17(19)21-22-25/h1-4,6-9H,5,10-15H2. The van der Waals surface area contributed by atoms with Gasteiger partial charge in [-0.2, -0.15) is 0 Å². The third kappa shape index (κ3) is 3.62. The lowest BCUT2D eigenvalue weighted by atomic mass is 10.2. The maximum atomic E-state index is 6.31. The van der Waals surface area contributed by atoms with Gasteiger partial charge in [-0.25, -0.2) is 4.68 Å². The molecule has 1 aliphatic rings. The lowest BCUT2D eigenvalue weighted by Crippen LogP contribution is -2.46. The summed E-state index contributed by atoms with van der Waals surface area (Å²) in [5, 5.41) is 9.32. The highest BCUT2D eigenvalue weighted by Crippen LogP contribution is 2.26. The highest BCUT2D eigenvalue weighted by molar-refractivity contribution is 6.33. The molecule has 1 fully saturated rings. The second kappa shape index (κ2) is 7.42. The molecule has 2 heterocycles. The molecular weight excluding hydrogens is 334 g/mol. The van der Waals surface area contributed by atoms with Crippen LogP contribution >= 0.6 is 11.6 Å². The number of hydrogen-bond donors (Lipinski definition) is 0. The molecule has 1 saturated heterocycles. The van der Waals surface area contributed by atoms with Gasteiger partial charge in [-0.1, -0.05) is 41.1 Å². The summed E-state index contributed by atoms with van der Waals surface area (Å²) in [5.41, 5.74) is 3.24. The van der Waals surface area contributed by atoms with Crippen LogP contribution in [0.5, 0.6) is 0 Å². The highest BCUT2D eigenvalue weighted by atomic mass is 35.5. The Morgan fingerprint density at radius 3 is 2.48 bits per heavy atom. The molecule has 0 bridgehead atoms. The summed E-state index contributed by atoms with van der Waals surface area (Å²) >= 11 is 6.31. The van der Waals surface area contributed by atoms with Crippen molar-refractivity contribution in [2.45, 2.75) is 13.0 Å². The topological polar surface area (TPSA) is 37.2 Å². The van der Waals surface area contributed by atoms with Gasteiger partial charge < -0.3 is 4.90 Å². The number of aromatic nitrogens is 3. The van der Waals surface area contributed by atoms with E-state index >= 15 is 0 Å². The molecule has 0 saturated carbocycles. The molecule has 0 radical (unpaired) electrons. The normalized spacial score (nSPS) is 15.8. The lowest BCUT2D eigenvalue weighted by Gasteiger charge is -2.36. The van der Waals surface area contributed by atoms with E-state index in [-0.39, 0.29) is 0 Å². The van der Waals surface area contributed by atoms with Gasteiger partial charge in [0, 0.05) is 39.3 Å². The van der Waals surface area contributed by atoms with Crippen molar-refractivity contribution in [1.82, 2.24) is 19.9 Å². The highest BCUT2D eigenvalue weighted by Gasteiger charge is 2.18. The number of fused-ring (bicyclic) bond motifs is 1. The molecule has 0 aliphatic carbocycles. The number of para-hydroxylation sites is 2. The largest absolute Gasteiger partial charge is 0.368 e. The summed E-state index contributed by atoms with van der Waals surface area (Å²) in [6.07, 6.45) is 1.08. The Bertz CT molecular complexity index is 838. The van der Waals surface area contributed by atoms with Crippen molar-refractivity contribution in [1.29, 1.82) is 0 Å². The maximum Gasteiger partial charge on any atom is 0.113 e. The Balaban J connectivity index is 1.27. The smallest absolute Gasteiger partial charge is 0.113 e. The van der Waals surface area contributed by atoms with Crippen LogP contribution in [0.25, 0.3) is 11.0 Å². The van der Waals surface area contributed by atoms with Crippen molar-refractivity contribution in [3.05, 3.63) is 53.6 Å². The fourth-order valence-electron chi connectivity index (χ4n) is 3.45. The molecule has 0 amide bonds. The minimum Gasteiger partial charge on any atom is -0.368 e. The van der Waals surface area contributed by atoms with Crippen LogP contribution in [0, 0.1) is 0 Å². The van der Waals surface area contributed by atoms with E-state index in [2.05, 4.69) is 38.3 Å². The van der Waals surface area contributed by atoms with E-state index in [1.54, 1.807) is 0 Å². The van der Waals surface area contributed by atoms with Gasteiger partial charge in [0.2, 0.25) is 0 Å². The molecule has 25 heavy (non-hydrogen) atoms. The van der Waals surface area contributed by atoms with Gasteiger partial charge in [-0.3, -0.25) is 4.90 Å². The number of anilines is 1. The molecule has 4 rings (SSSR count). The quantitative estimate of drug-likeness (QED) is 0.703. The van der Waals surface area contributed by atoms with Crippen molar-refractivity contribution in [2.24, 2.45) is 0 Å². The first kappa shape index (κ1) is 16.4. The number of aryl methyl sites for hydroxylation is 1. The van der Waals surface area contributed by atoms with E-state index in [0.717, 1.165) is 67.4 Å². The second-order valence-electron chi connectivity index (χ2n) is 6.43. The third-order valence-corrected chi connectivity index (χ3v) is 5.15. The Labute approximate surface area is 152 Å². The second-order valence-corrected chi connectivity index (χ2v) is 6.84. The minimum atomic E-state index is 0.842. The van der Waals surface area contributed by atoms with E-state index in [1.165, 1.54) is 0 Å². The minimum absolute atomic E-state index is 0.842. The molecule has 3 aromatic rings. The number of piperazine rings is 1. The van der Waals surface area contributed by atoms with Crippen molar-refractivity contribution < 1.29 is 0 Å². The molecule has 1 aromatic heterocycles. The molecule has 0 N–H and O–H groups in total. The first-order chi connectivity index (χ1) is 12.3. The zero-order valence-electron chi connectivity index (χ0n) is 14.2. The fraction of sp³-hybridized carbons (Fsp3) is 0.368. The van der Waals surface area contributed by atoms with E-state index in [0.29, 0.717) is 0 Å². The first-order valence-electron chi connectivity index (χ1n) is 8.81. The van der Waals surface area contributed by atoms with E-state index < -0.39 is 0 Å². The summed E-state index contributed by atoms with van der Waals surface area (Å²) in [6.45, 7) is 6.19. The Morgan fingerprint density at radius 2 is 1.64 bits per heavy atom. The summed E-state index contributed by atoms with van der Waals surface area (Å²) in [7, 11) is 0. The first-order valence-corrected chi connectivity index (χ1v) is 9.19. The number of nitrogens with zero attached hydrogens (tertiary/aromatic N) is 5. The molecule has 5 nitrogen and oxygen atoms in total. The average molecular weight is 356 g/mol. The van der Waals surface area contributed by atoms with Crippen LogP contribution in [0.4, 0.5) is 5.69 Å². The monoisotopic (exact) mass is 355 g/mol. The predicted octanol–water partition coefficient (Wildman–Crippen LogP) is 3.30. The number of halogens is 1. The fourth-order valence-corrected chi connectivity index (χ4v) is 3.70. The third-order valence-electron chi connectivity index (χ3n) is 4.83. The van der Waals surface area contributed by atoms with E-state index in [9.17, 15) is 0 Å². The summed E-state index contributed by atoms with van der Waals surface area (Å²) in [5.74, 6) is 0. The van der Waals surface area contributed by atoms with Crippen LogP contribution in [0.1, 0.15) is 6.42 Å². The van der Waals surface area contributed by atoms with Gasteiger partial charge in [0.15, 0.2) is 0 Å². The number of hydrogen-bond acceptors (Lipinski definition) is 4. The van der Waals surface area contributed by atoms with E-state index in [4.69, 9.17) is 11.6 Å². The van der Waals surface area contributed by atoms with Gasteiger partial charge in [0.05, 0.1) is 16.2 Å². The zero-order valence-corrected chi connectivity index (χ0v) is 14.9. The number of benzene rings is 2. The Hall–Kier alpha value is -2.11. The van der Waals surface area contributed by atoms with Gasteiger partial charge in [0.25, 0.3) is 0 Å². The van der Waals surface area contributed by atoms with Crippen LogP contribution in [-0.2, 0) is 6.54 Å². The molecule has 6 heteroatoms. The number of rotatable bonds is 5. The summed E-state index contributed by atoms with van der Waals surface area (Å²) < 4.78 is 2.01. The lowest BCUT2D eigenvalue weighted by molar-refractivity contribution is 0.249. The predicted molar refractivity (Wildman–Crippen MR) is 102 cm³/mol. The molecular formula is C19H22ClN5. The summed E-state index contributed by atoms with van der Waals surface area (Å²) in [4.78, 5) is 4.90. The Morgan fingerprint density at radius 1 is 0.880 bits per heavy atom. The maximum absolute atomic E-state index is 6.31. The van der Waals surface area contributed by atoms with Crippen LogP contribution in [0.2, 0.25) is 5.02 Å². The van der Waals surface area contributed by atoms with Crippen molar-refractivity contribution in [3.8, 4) is 0 Å². The Kier molecular flexibility index (Phi) is 4.85. The van der Waals surface area contributed by atoms with E-state index in [1.807, 2.05) is 35.0 Å². The van der Waals surface area contributed by atoms with Crippen molar-refractivity contribution in [3.63, 3.8) is 0 Å². The molecule has 2 aromatic carbocycles. The molecule has 0 unspecified atom stereocenters. The average Bonchev–Trinajstić information content (AvgIpc) is 3.06. The van der Waals surface area contributed by atoms with Crippen LogP contribution in [0.3, 0.4) is 0 Å². The molecule has 0 spiro atoms. The molecule has 1 aliphatic heterocycles. The van der Waals surface area contributed by atoms with Crippen LogP contribution < -0.4 is 4.90 Å². The molecule has 130 valence electrons. The van der Waals surface area contributed by atoms with Crippen molar-refractivity contribution >= 4 is 28.3 Å². The summed E-state index contributed by atoms with van der Waals surface area (Å²) in [6, 6.07) is 16.2. The van der Waals surface area contributed by atoms with Crippen molar-refractivity contribution in [2.75, 3.05) is 37.6 Å². The zero-order chi connectivity index (χ0) is 17.1. The van der Waals surface area contributed by atoms with Gasteiger partial charge >= 0.3 is 0 Å². The SMILES string of the molecule is Clc1ccccc1N1CCN(CCCn2nnc3ccccc32)CC1. The van der Waals surface area contributed by atoms with Gasteiger partial charge in [-0.15, -0.1) is 5.10 Å².